The molecule has 0 radical (unpaired) electrons. The summed E-state index contributed by atoms with van der Waals surface area (Å²) in [6, 6.07) is 13.7. The van der Waals surface area contributed by atoms with Crippen molar-refractivity contribution in [3.05, 3.63) is 60.4 Å². The van der Waals surface area contributed by atoms with Gasteiger partial charge in [-0.15, -0.1) is 0 Å². The molecule has 6 heterocycles. The number of imide groups is 1. The van der Waals surface area contributed by atoms with Crippen molar-refractivity contribution in [1.82, 2.24) is 34.3 Å². The second-order valence-electron chi connectivity index (χ2n) is 16.4. The first-order valence-electron chi connectivity index (χ1n) is 20.6. The van der Waals surface area contributed by atoms with Crippen LogP contribution in [0.15, 0.2) is 59.8 Å². The molecule has 302 valence electrons. The minimum absolute atomic E-state index is 0.107. The maximum atomic E-state index is 13.8. The molecule has 0 unspecified atom stereocenters. The average molecular weight is 797 g/mol. The van der Waals surface area contributed by atoms with Crippen molar-refractivity contribution < 1.29 is 22.7 Å². The average Bonchev–Trinajstić information content (AvgIpc) is 3.99. The number of aryl methyl sites for hydroxylation is 1. The molecule has 1 saturated carbocycles. The summed E-state index contributed by atoms with van der Waals surface area (Å²) in [5.74, 6) is 2.66. The number of nitrogens with one attached hydrogen (secondary N) is 2. The Balaban J connectivity index is 0.734. The van der Waals surface area contributed by atoms with E-state index in [0.29, 0.717) is 72.8 Å². The monoisotopic (exact) mass is 796 g/mol. The lowest BCUT2D eigenvalue weighted by molar-refractivity contribution is -0.120. The molecule has 15 nitrogen and oxygen atoms in total. The van der Waals surface area contributed by atoms with Gasteiger partial charge in [-0.05, 0) is 112 Å². The lowest BCUT2D eigenvalue weighted by Crippen LogP contribution is -2.49. The van der Waals surface area contributed by atoms with Gasteiger partial charge in [-0.25, -0.2) is 23.2 Å². The van der Waals surface area contributed by atoms with E-state index in [4.69, 9.17) is 4.74 Å². The Morgan fingerprint density at radius 2 is 1.61 bits per heavy atom. The molecule has 5 fully saturated rings. The van der Waals surface area contributed by atoms with E-state index in [1.54, 1.807) is 27.7 Å². The summed E-state index contributed by atoms with van der Waals surface area (Å²) in [5.41, 5.74) is 3.27. The Morgan fingerprint density at radius 3 is 2.33 bits per heavy atom. The zero-order chi connectivity index (χ0) is 39.1. The number of likely N-dealkylation sites (tertiary alicyclic amines) is 1. The number of hydrogen-bond acceptors (Lipinski definition) is 11. The van der Waals surface area contributed by atoms with Crippen LogP contribution in [0.1, 0.15) is 69.3 Å². The highest BCUT2D eigenvalue weighted by molar-refractivity contribution is 7.89. The second-order valence-corrected chi connectivity index (χ2v) is 18.3. The standard InChI is InChI=1S/C41H52N10O5S/c1-47-37-23-30(5-8-36(37)39(46-47)51-22-15-38(52)45-41(51)53)29-11-16-48(17-12-29)27-28-9-18-49(19-10-28)32-3-2-4-35(24-32)57(54,55)50-20-13-31(14-21-50)44-40-42-25-34(26-43-40)56-33-6-7-33/h2-5,8,23-26,28-29,31,33H,6-7,9-22,27H2,1H3,(H,42,43,44)(H,45,52,53). The lowest BCUT2D eigenvalue weighted by atomic mass is 9.88. The van der Waals surface area contributed by atoms with Crippen LogP contribution in [0.5, 0.6) is 5.75 Å². The summed E-state index contributed by atoms with van der Waals surface area (Å²) < 4.78 is 36.7. The lowest BCUT2D eigenvalue weighted by Gasteiger charge is -2.38. The van der Waals surface area contributed by atoms with Crippen molar-refractivity contribution in [2.24, 2.45) is 13.0 Å². The molecule has 0 atom stereocenters. The van der Waals surface area contributed by atoms with Gasteiger partial charge in [0, 0.05) is 69.9 Å². The minimum Gasteiger partial charge on any atom is -0.487 e. The van der Waals surface area contributed by atoms with Crippen LogP contribution >= 0.6 is 0 Å². The third kappa shape index (κ3) is 8.30. The van der Waals surface area contributed by atoms with E-state index in [9.17, 15) is 18.0 Å². The molecule has 4 aromatic rings. The van der Waals surface area contributed by atoms with E-state index >= 15 is 0 Å². The molecule has 1 aliphatic carbocycles. The molecule has 4 aliphatic heterocycles. The summed E-state index contributed by atoms with van der Waals surface area (Å²) in [5, 5.41) is 11.3. The first-order valence-corrected chi connectivity index (χ1v) is 22.0. The topological polar surface area (TPSA) is 158 Å². The SMILES string of the molecule is Cn1nc(N2CCC(=O)NC2=O)c2ccc(C3CCN(CC4CCN(c5cccc(S(=O)(=O)N6CCC(Nc7ncc(OC8CC8)cn7)CC6)c5)CC4)CC3)cc21. The van der Waals surface area contributed by atoms with Crippen LogP contribution in [0.2, 0.25) is 0 Å². The number of carbonyl (C=O) groups is 2. The summed E-state index contributed by atoms with van der Waals surface area (Å²) in [6.45, 7) is 6.27. The summed E-state index contributed by atoms with van der Waals surface area (Å²) in [7, 11) is -1.71. The molecule has 57 heavy (non-hydrogen) atoms. The molecule has 5 aliphatic rings. The van der Waals surface area contributed by atoms with E-state index in [1.165, 1.54) is 5.56 Å². The summed E-state index contributed by atoms with van der Waals surface area (Å²) in [6.07, 6.45) is 11.9. The molecule has 2 N–H and O–H groups in total. The van der Waals surface area contributed by atoms with E-state index in [1.807, 2.05) is 29.9 Å². The fourth-order valence-electron chi connectivity index (χ4n) is 8.91. The predicted molar refractivity (Wildman–Crippen MR) is 217 cm³/mol. The summed E-state index contributed by atoms with van der Waals surface area (Å²) in [4.78, 5) is 39.8. The van der Waals surface area contributed by atoms with Crippen LogP contribution in [-0.4, -0.2) is 114 Å². The maximum absolute atomic E-state index is 13.8. The molecule has 3 amide bonds. The Bertz CT molecular complexity index is 2200. The van der Waals surface area contributed by atoms with Crippen molar-refractivity contribution in [2.45, 2.75) is 80.7 Å². The van der Waals surface area contributed by atoms with E-state index in [0.717, 1.165) is 87.8 Å². The largest absolute Gasteiger partial charge is 0.487 e. The third-order valence-corrected chi connectivity index (χ3v) is 14.3. The third-order valence-electron chi connectivity index (χ3n) is 12.4. The van der Waals surface area contributed by atoms with Gasteiger partial charge in [0.1, 0.15) is 0 Å². The van der Waals surface area contributed by atoms with Gasteiger partial charge in [-0.3, -0.25) is 19.7 Å². The van der Waals surface area contributed by atoms with Gasteiger partial charge in [0.15, 0.2) is 11.6 Å². The molecule has 9 rings (SSSR count). The molecule has 2 aromatic heterocycles. The van der Waals surface area contributed by atoms with Gasteiger partial charge in [0.05, 0.1) is 28.9 Å². The number of sulfonamides is 1. The molecule has 0 spiro atoms. The highest BCUT2D eigenvalue weighted by Gasteiger charge is 2.32. The highest BCUT2D eigenvalue weighted by atomic mass is 32.2. The van der Waals surface area contributed by atoms with Crippen LogP contribution in [0.25, 0.3) is 10.9 Å². The van der Waals surface area contributed by atoms with Gasteiger partial charge < -0.3 is 19.9 Å². The second kappa shape index (κ2) is 15.9. The molecular formula is C41H52N10O5S. The number of benzene rings is 2. The van der Waals surface area contributed by atoms with E-state index in [2.05, 4.69) is 53.7 Å². The fourth-order valence-corrected chi connectivity index (χ4v) is 10.4. The number of amides is 3. The summed E-state index contributed by atoms with van der Waals surface area (Å²) >= 11 is 0. The van der Waals surface area contributed by atoms with Crippen molar-refractivity contribution >= 4 is 50.3 Å². The number of urea groups is 1. The zero-order valence-electron chi connectivity index (χ0n) is 32.6. The first-order chi connectivity index (χ1) is 27.7. The normalized spacial score (nSPS) is 21.3. The molecule has 0 bridgehead atoms. The molecule has 2 aromatic carbocycles. The predicted octanol–water partition coefficient (Wildman–Crippen LogP) is 4.71. The number of ether oxygens (including phenoxy) is 1. The van der Waals surface area contributed by atoms with Gasteiger partial charge in [-0.1, -0.05) is 12.1 Å². The molecule has 16 heteroatoms. The number of fused-ring (bicyclic) bond motifs is 1. The van der Waals surface area contributed by atoms with Crippen LogP contribution in [-0.2, 0) is 21.9 Å². The number of hydrogen-bond donors (Lipinski definition) is 2. The number of anilines is 3. The van der Waals surface area contributed by atoms with Crippen LogP contribution in [0.3, 0.4) is 0 Å². The Labute approximate surface area is 333 Å². The van der Waals surface area contributed by atoms with Crippen molar-refractivity contribution in [1.29, 1.82) is 0 Å². The van der Waals surface area contributed by atoms with Gasteiger partial charge in [-0.2, -0.15) is 9.40 Å². The van der Waals surface area contributed by atoms with E-state index < -0.39 is 16.1 Å². The van der Waals surface area contributed by atoms with Gasteiger partial charge >= 0.3 is 6.03 Å². The fraction of sp³-hybridized carbons (Fsp3) is 0.537. The number of rotatable bonds is 11. The number of piperidine rings is 3. The minimum atomic E-state index is -3.61. The van der Waals surface area contributed by atoms with Crippen LogP contribution in [0, 0.1) is 5.92 Å². The van der Waals surface area contributed by atoms with Gasteiger partial charge in [0.2, 0.25) is 21.9 Å². The molecular weight excluding hydrogens is 745 g/mol. The quantitative estimate of drug-likeness (QED) is 0.217. The Morgan fingerprint density at radius 1 is 0.860 bits per heavy atom. The number of carbonyl (C=O) groups excluding carboxylic acids is 2. The smallest absolute Gasteiger partial charge is 0.329 e. The highest BCUT2D eigenvalue weighted by Crippen LogP contribution is 2.35. The zero-order valence-corrected chi connectivity index (χ0v) is 33.4. The van der Waals surface area contributed by atoms with E-state index in [-0.39, 0.29) is 18.4 Å². The Kier molecular flexibility index (Phi) is 10.5. The number of nitrogens with zero attached hydrogens (tertiary/aromatic N) is 8. The van der Waals surface area contributed by atoms with Crippen molar-refractivity contribution in [3.63, 3.8) is 0 Å². The Hall–Kier alpha value is -4.80. The maximum Gasteiger partial charge on any atom is 0.329 e. The molecule has 4 saturated heterocycles. The van der Waals surface area contributed by atoms with Crippen molar-refractivity contribution in [3.8, 4) is 5.75 Å². The van der Waals surface area contributed by atoms with Crippen LogP contribution in [0.4, 0.5) is 22.2 Å². The van der Waals surface area contributed by atoms with Crippen LogP contribution < -0.4 is 25.2 Å². The number of aromatic nitrogens is 4. The first kappa shape index (κ1) is 37.8. The van der Waals surface area contributed by atoms with Crippen molar-refractivity contribution in [2.75, 3.05) is 67.5 Å². The van der Waals surface area contributed by atoms with Gasteiger partial charge in [0.25, 0.3) is 0 Å².